The van der Waals surface area contributed by atoms with Gasteiger partial charge in [0.2, 0.25) is 5.91 Å². The zero-order chi connectivity index (χ0) is 17.4. The number of pyridine rings is 1. The third-order valence-corrected chi connectivity index (χ3v) is 5.27. The van der Waals surface area contributed by atoms with Crippen molar-refractivity contribution in [2.24, 2.45) is 5.92 Å². The van der Waals surface area contributed by atoms with Crippen molar-refractivity contribution in [3.8, 4) is 0 Å². The lowest BCUT2D eigenvalue weighted by atomic mass is 9.89. The minimum Gasteiger partial charge on any atom is -0.352 e. The molecule has 1 atom stereocenters. The van der Waals surface area contributed by atoms with Crippen LogP contribution < -0.4 is 5.32 Å². The van der Waals surface area contributed by atoms with Gasteiger partial charge in [0.1, 0.15) is 5.65 Å². The van der Waals surface area contributed by atoms with Gasteiger partial charge in [0, 0.05) is 35.8 Å². The number of nitrogens with zero attached hydrogens (tertiary/aromatic N) is 2. The van der Waals surface area contributed by atoms with Gasteiger partial charge in [-0.3, -0.25) is 4.79 Å². The van der Waals surface area contributed by atoms with Crippen molar-refractivity contribution >= 4 is 23.2 Å². The van der Waals surface area contributed by atoms with Crippen molar-refractivity contribution in [1.29, 1.82) is 0 Å². The molecule has 0 radical (unpaired) electrons. The number of rotatable bonds is 3. The van der Waals surface area contributed by atoms with Gasteiger partial charge < -0.3 is 9.72 Å². The Morgan fingerprint density at radius 2 is 2.16 bits per heavy atom. The molecule has 0 spiro atoms. The lowest BCUT2D eigenvalue weighted by molar-refractivity contribution is -0.125. The van der Waals surface area contributed by atoms with Gasteiger partial charge in [0.05, 0.1) is 5.69 Å². The predicted molar refractivity (Wildman–Crippen MR) is 98.7 cm³/mol. The van der Waals surface area contributed by atoms with Gasteiger partial charge in [-0.1, -0.05) is 35.9 Å². The number of amides is 1. The average Bonchev–Trinajstić information content (AvgIpc) is 2.98. The fraction of sp³-hybridized carbons (Fsp3) is 0.300. The summed E-state index contributed by atoms with van der Waals surface area (Å²) in [4.78, 5) is 17.3. The van der Waals surface area contributed by atoms with Crippen LogP contribution in [0.25, 0.3) is 5.65 Å². The van der Waals surface area contributed by atoms with E-state index < -0.39 is 0 Å². The highest BCUT2D eigenvalue weighted by atomic mass is 35.5. The van der Waals surface area contributed by atoms with Crippen molar-refractivity contribution in [2.45, 2.75) is 32.7 Å². The summed E-state index contributed by atoms with van der Waals surface area (Å²) in [6.07, 6.45) is 4.52. The Kier molecular flexibility index (Phi) is 4.22. The zero-order valence-corrected chi connectivity index (χ0v) is 14.9. The van der Waals surface area contributed by atoms with Crippen molar-refractivity contribution in [2.75, 3.05) is 0 Å². The third-order valence-electron chi connectivity index (χ3n) is 4.90. The van der Waals surface area contributed by atoms with E-state index in [0.29, 0.717) is 11.6 Å². The van der Waals surface area contributed by atoms with Gasteiger partial charge in [-0.2, -0.15) is 0 Å². The largest absolute Gasteiger partial charge is 0.352 e. The molecule has 0 fully saturated rings. The number of aryl methyl sites for hydroxylation is 2. The number of halogens is 1. The molecule has 4 rings (SSSR count). The molecule has 2 aromatic heterocycles. The van der Waals surface area contributed by atoms with Crippen LogP contribution in [0.5, 0.6) is 0 Å². The highest BCUT2D eigenvalue weighted by molar-refractivity contribution is 6.31. The summed E-state index contributed by atoms with van der Waals surface area (Å²) in [6.45, 7) is 2.54. The van der Waals surface area contributed by atoms with E-state index in [4.69, 9.17) is 16.6 Å². The van der Waals surface area contributed by atoms with E-state index in [0.717, 1.165) is 36.2 Å². The smallest absolute Gasteiger partial charge is 0.223 e. The Balaban J connectivity index is 1.50. The molecule has 1 N–H and O–H groups in total. The van der Waals surface area contributed by atoms with Crippen LogP contribution in [0.4, 0.5) is 0 Å². The third kappa shape index (κ3) is 3.14. The molecule has 0 saturated carbocycles. The number of aromatic nitrogens is 2. The van der Waals surface area contributed by atoms with Crippen LogP contribution in [-0.2, 0) is 24.2 Å². The first-order chi connectivity index (χ1) is 12.1. The SMILES string of the molecule is Cc1ccc2nc3c(n2c1)CC(C(=O)NCc1ccccc1Cl)CC3. The number of fused-ring (bicyclic) bond motifs is 3. The van der Waals surface area contributed by atoms with E-state index >= 15 is 0 Å². The molecule has 3 aromatic rings. The molecule has 5 heteroatoms. The van der Waals surface area contributed by atoms with Crippen LogP contribution in [0.3, 0.4) is 0 Å². The first-order valence-electron chi connectivity index (χ1n) is 8.59. The lowest BCUT2D eigenvalue weighted by Crippen LogP contribution is -2.34. The monoisotopic (exact) mass is 353 g/mol. The molecule has 4 nitrogen and oxygen atoms in total. The molecular formula is C20H20ClN3O. The van der Waals surface area contributed by atoms with Crippen LogP contribution >= 0.6 is 11.6 Å². The molecule has 1 unspecified atom stereocenters. The number of benzene rings is 1. The molecule has 0 aliphatic heterocycles. The minimum atomic E-state index is -0.0181. The van der Waals surface area contributed by atoms with E-state index in [2.05, 4.69) is 28.9 Å². The van der Waals surface area contributed by atoms with Gasteiger partial charge >= 0.3 is 0 Å². The second-order valence-corrected chi connectivity index (χ2v) is 7.10. The summed E-state index contributed by atoms with van der Waals surface area (Å²) in [6, 6.07) is 11.7. The topological polar surface area (TPSA) is 46.4 Å². The second-order valence-electron chi connectivity index (χ2n) is 6.69. The number of hydrogen-bond acceptors (Lipinski definition) is 2. The van der Waals surface area contributed by atoms with E-state index in [1.54, 1.807) is 0 Å². The molecule has 1 amide bonds. The van der Waals surface area contributed by atoms with Gasteiger partial charge in [-0.15, -0.1) is 0 Å². The molecule has 25 heavy (non-hydrogen) atoms. The van der Waals surface area contributed by atoms with Crippen molar-refractivity contribution < 1.29 is 4.79 Å². The summed E-state index contributed by atoms with van der Waals surface area (Å²) in [5.41, 5.74) is 5.40. The summed E-state index contributed by atoms with van der Waals surface area (Å²) in [5.74, 6) is 0.0728. The first-order valence-corrected chi connectivity index (χ1v) is 8.97. The van der Waals surface area contributed by atoms with Crippen LogP contribution in [0.1, 0.15) is 28.9 Å². The van der Waals surface area contributed by atoms with Crippen LogP contribution in [-0.4, -0.2) is 15.3 Å². The number of hydrogen-bond donors (Lipinski definition) is 1. The minimum absolute atomic E-state index is 0.0181. The molecule has 0 saturated heterocycles. The Bertz CT molecular complexity index is 947. The summed E-state index contributed by atoms with van der Waals surface area (Å²) in [7, 11) is 0. The highest BCUT2D eigenvalue weighted by Gasteiger charge is 2.28. The van der Waals surface area contributed by atoms with E-state index in [9.17, 15) is 4.79 Å². The van der Waals surface area contributed by atoms with Crippen molar-refractivity contribution in [3.05, 3.63) is 70.1 Å². The maximum absolute atomic E-state index is 12.6. The second kappa shape index (κ2) is 6.52. The number of imidazole rings is 1. The fourth-order valence-corrected chi connectivity index (χ4v) is 3.71. The summed E-state index contributed by atoms with van der Waals surface area (Å²) in [5, 5.41) is 3.72. The van der Waals surface area contributed by atoms with E-state index in [1.165, 1.54) is 11.3 Å². The van der Waals surface area contributed by atoms with Crippen molar-refractivity contribution in [3.63, 3.8) is 0 Å². The Morgan fingerprint density at radius 3 is 3.00 bits per heavy atom. The van der Waals surface area contributed by atoms with E-state index in [-0.39, 0.29) is 11.8 Å². The maximum Gasteiger partial charge on any atom is 0.223 e. The Morgan fingerprint density at radius 1 is 1.32 bits per heavy atom. The number of nitrogens with one attached hydrogen (secondary N) is 1. The van der Waals surface area contributed by atoms with Gasteiger partial charge in [-0.05, 0) is 43.0 Å². The van der Waals surface area contributed by atoms with Gasteiger partial charge in [0.25, 0.3) is 0 Å². The Labute approximate surface area is 151 Å². The molecule has 1 aliphatic carbocycles. The molecule has 2 heterocycles. The molecule has 0 bridgehead atoms. The molecular weight excluding hydrogens is 334 g/mol. The highest BCUT2D eigenvalue weighted by Crippen LogP contribution is 2.27. The average molecular weight is 354 g/mol. The predicted octanol–water partition coefficient (Wildman–Crippen LogP) is 3.72. The molecule has 1 aromatic carbocycles. The summed E-state index contributed by atoms with van der Waals surface area (Å²) < 4.78 is 2.14. The fourth-order valence-electron chi connectivity index (χ4n) is 3.50. The quantitative estimate of drug-likeness (QED) is 0.780. The Hall–Kier alpha value is -2.33. The van der Waals surface area contributed by atoms with Crippen LogP contribution in [0.15, 0.2) is 42.6 Å². The lowest BCUT2D eigenvalue weighted by Gasteiger charge is -2.21. The first kappa shape index (κ1) is 16.2. The van der Waals surface area contributed by atoms with Gasteiger partial charge in [0.15, 0.2) is 0 Å². The van der Waals surface area contributed by atoms with Crippen LogP contribution in [0, 0.1) is 12.8 Å². The van der Waals surface area contributed by atoms with Crippen molar-refractivity contribution in [1.82, 2.24) is 14.7 Å². The normalized spacial score (nSPS) is 16.6. The molecule has 128 valence electrons. The van der Waals surface area contributed by atoms with E-state index in [1.807, 2.05) is 30.3 Å². The zero-order valence-electron chi connectivity index (χ0n) is 14.1. The summed E-state index contributed by atoms with van der Waals surface area (Å²) >= 11 is 6.16. The van der Waals surface area contributed by atoms with Crippen LogP contribution in [0.2, 0.25) is 5.02 Å². The molecule has 1 aliphatic rings. The standard InChI is InChI=1S/C20H20ClN3O/c1-13-6-9-19-23-17-8-7-14(10-18(17)24(19)12-13)20(25)22-11-15-4-2-3-5-16(15)21/h2-6,9,12,14H,7-8,10-11H2,1H3,(H,22,25). The maximum atomic E-state index is 12.6. The number of carbonyl (C=O) groups is 1. The van der Waals surface area contributed by atoms with Gasteiger partial charge in [-0.25, -0.2) is 4.98 Å². The number of carbonyl (C=O) groups excluding carboxylic acids is 1.